The van der Waals surface area contributed by atoms with Crippen LogP contribution < -0.4 is 0 Å². The van der Waals surface area contributed by atoms with Crippen LogP contribution in [0.25, 0.3) is 0 Å². The monoisotopic (exact) mass is 387 g/mol. The van der Waals surface area contributed by atoms with Crippen LogP contribution in [-0.4, -0.2) is 23.5 Å². The van der Waals surface area contributed by atoms with Crippen molar-refractivity contribution in [2.75, 3.05) is 6.61 Å². The molecule has 124 valence electrons. The molecule has 0 bridgehead atoms. The Kier molecular flexibility index (Phi) is 5.00. The smallest absolute Gasteiger partial charge is 0.417 e. The lowest BCUT2D eigenvalue weighted by Crippen LogP contribution is -2.34. The Morgan fingerprint density at radius 3 is 2.71 bits per heavy atom. The highest BCUT2D eigenvalue weighted by atomic mass is 79.9. The summed E-state index contributed by atoms with van der Waals surface area (Å²) in [5.41, 5.74) is 1.97. The van der Waals surface area contributed by atoms with Crippen LogP contribution in [0, 0.1) is 0 Å². The lowest BCUT2D eigenvalue weighted by atomic mass is 9.96. The number of hydrogen-bond acceptors (Lipinski definition) is 3. The van der Waals surface area contributed by atoms with Gasteiger partial charge in [-0.05, 0) is 29.2 Å². The Morgan fingerprint density at radius 2 is 2.00 bits per heavy atom. The molecule has 0 aromatic heterocycles. The number of carbonyl (C=O) groups excluding carboxylic acids is 2. The number of rotatable bonds is 4. The zero-order chi connectivity index (χ0) is 17.1. The third-order valence-electron chi connectivity index (χ3n) is 4.22. The number of nitrogens with zero attached hydrogens (tertiary/aromatic N) is 1. The first kappa shape index (κ1) is 16.7. The van der Waals surface area contributed by atoms with Crippen LogP contribution in [0.15, 0.2) is 59.1 Å². The molecule has 24 heavy (non-hydrogen) atoms. The summed E-state index contributed by atoms with van der Waals surface area (Å²) in [7, 11) is 0. The second kappa shape index (κ2) is 7.18. The molecule has 1 heterocycles. The molecule has 1 aliphatic heterocycles. The molecule has 0 spiro atoms. The lowest BCUT2D eigenvalue weighted by molar-refractivity contribution is -0.129. The molecule has 2 amide bonds. The predicted octanol–water partition coefficient (Wildman–Crippen LogP) is 4.66. The second-order valence-corrected chi connectivity index (χ2v) is 6.84. The van der Waals surface area contributed by atoms with E-state index in [9.17, 15) is 9.59 Å². The number of ether oxygens (including phenoxy) is 1. The highest BCUT2D eigenvalue weighted by molar-refractivity contribution is 9.10. The Hall–Kier alpha value is -2.14. The fourth-order valence-electron chi connectivity index (χ4n) is 2.91. The molecular formula is C19H18BrNO3. The van der Waals surface area contributed by atoms with Crippen LogP contribution in [-0.2, 0) is 9.53 Å². The van der Waals surface area contributed by atoms with Crippen molar-refractivity contribution in [3.8, 4) is 0 Å². The minimum Gasteiger partial charge on any atom is -0.446 e. The standard InChI is InChI=1S/C19H18BrNO3/c1-13(15-8-5-9-16(20)11-15)10-18(22)21-17(12-24-19(21)23)14-6-3-2-4-7-14/h2-9,11,13,17H,10,12H2,1H3/t13-,17+/m1/s1. The normalized spacial score (nSPS) is 18.3. The zero-order valence-corrected chi connectivity index (χ0v) is 14.9. The van der Waals surface area contributed by atoms with Crippen LogP contribution in [0.4, 0.5) is 4.79 Å². The summed E-state index contributed by atoms with van der Waals surface area (Å²) in [5, 5.41) is 0. The fourth-order valence-corrected chi connectivity index (χ4v) is 3.33. The Bertz CT molecular complexity index is 747. The van der Waals surface area contributed by atoms with E-state index < -0.39 is 6.09 Å². The predicted molar refractivity (Wildman–Crippen MR) is 94.6 cm³/mol. The highest BCUT2D eigenvalue weighted by Crippen LogP contribution is 2.30. The molecule has 0 radical (unpaired) electrons. The van der Waals surface area contributed by atoms with Gasteiger partial charge in [-0.2, -0.15) is 0 Å². The summed E-state index contributed by atoms with van der Waals surface area (Å²) in [5.74, 6) is -0.196. The van der Waals surface area contributed by atoms with Gasteiger partial charge in [-0.3, -0.25) is 4.79 Å². The van der Waals surface area contributed by atoms with E-state index in [1.54, 1.807) is 0 Å². The van der Waals surface area contributed by atoms with E-state index in [2.05, 4.69) is 15.9 Å². The largest absolute Gasteiger partial charge is 0.446 e. The molecule has 0 unspecified atom stereocenters. The fraction of sp³-hybridized carbons (Fsp3) is 0.263. The zero-order valence-electron chi connectivity index (χ0n) is 13.3. The Morgan fingerprint density at radius 1 is 1.25 bits per heavy atom. The van der Waals surface area contributed by atoms with Gasteiger partial charge in [-0.15, -0.1) is 0 Å². The van der Waals surface area contributed by atoms with Gasteiger partial charge in [0.25, 0.3) is 0 Å². The third kappa shape index (κ3) is 3.51. The summed E-state index contributed by atoms with van der Waals surface area (Å²) >= 11 is 3.44. The van der Waals surface area contributed by atoms with Gasteiger partial charge in [0, 0.05) is 10.9 Å². The van der Waals surface area contributed by atoms with Crippen molar-refractivity contribution in [2.45, 2.75) is 25.3 Å². The molecule has 0 aliphatic carbocycles. The van der Waals surface area contributed by atoms with Crippen molar-refractivity contribution >= 4 is 27.9 Å². The lowest BCUT2D eigenvalue weighted by Gasteiger charge is -2.22. The quantitative estimate of drug-likeness (QED) is 0.765. The van der Waals surface area contributed by atoms with Gasteiger partial charge >= 0.3 is 6.09 Å². The number of cyclic esters (lactones) is 1. The molecule has 5 heteroatoms. The molecular weight excluding hydrogens is 370 g/mol. The van der Waals surface area contributed by atoms with Gasteiger partial charge in [0.2, 0.25) is 5.91 Å². The molecule has 1 fully saturated rings. The number of benzene rings is 2. The van der Waals surface area contributed by atoms with E-state index in [4.69, 9.17) is 4.74 Å². The van der Waals surface area contributed by atoms with Crippen LogP contribution in [0.2, 0.25) is 0 Å². The molecule has 2 aromatic rings. The molecule has 2 atom stereocenters. The van der Waals surface area contributed by atoms with Crippen LogP contribution >= 0.6 is 15.9 Å². The SMILES string of the molecule is C[C@H](CC(=O)N1C(=O)OC[C@H]1c1ccccc1)c1cccc(Br)c1. The number of carbonyl (C=O) groups is 2. The minimum atomic E-state index is -0.560. The molecule has 3 rings (SSSR count). The van der Waals surface area contributed by atoms with Crippen molar-refractivity contribution in [2.24, 2.45) is 0 Å². The maximum Gasteiger partial charge on any atom is 0.417 e. The van der Waals surface area contributed by atoms with Gasteiger partial charge in [0.15, 0.2) is 0 Å². The summed E-state index contributed by atoms with van der Waals surface area (Å²) < 4.78 is 6.09. The number of halogens is 1. The second-order valence-electron chi connectivity index (χ2n) is 5.93. The number of amides is 2. The van der Waals surface area contributed by atoms with Gasteiger partial charge in [-0.25, -0.2) is 9.69 Å². The summed E-state index contributed by atoms with van der Waals surface area (Å²) in [4.78, 5) is 26.0. The Labute approximate surface area is 149 Å². The van der Waals surface area contributed by atoms with Crippen molar-refractivity contribution in [3.05, 3.63) is 70.2 Å². The summed E-state index contributed by atoms with van der Waals surface area (Å²) in [6.07, 6.45) is -0.301. The molecule has 0 saturated carbocycles. The van der Waals surface area contributed by atoms with E-state index in [0.29, 0.717) is 0 Å². The van der Waals surface area contributed by atoms with Gasteiger partial charge in [0.1, 0.15) is 12.6 Å². The maximum absolute atomic E-state index is 12.7. The van der Waals surface area contributed by atoms with Crippen LogP contribution in [0.5, 0.6) is 0 Å². The number of hydrogen-bond donors (Lipinski definition) is 0. The average molecular weight is 388 g/mol. The first-order chi connectivity index (χ1) is 11.6. The summed E-state index contributed by atoms with van der Waals surface area (Å²) in [6.45, 7) is 2.19. The molecule has 0 N–H and O–H groups in total. The molecule has 1 aliphatic rings. The summed E-state index contributed by atoms with van der Waals surface area (Å²) in [6, 6.07) is 17.0. The van der Waals surface area contributed by atoms with Crippen LogP contribution in [0.3, 0.4) is 0 Å². The highest BCUT2D eigenvalue weighted by Gasteiger charge is 2.39. The van der Waals surface area contributed by atoms with Crippen molar-refractivity contribution in [1.29, 1.82) is 0 Å². The van der Waals surface area contributed by atoms with Gasteiger partial charge in [-0.1, -0.05) is 65.3 Å². The first-order valence-corrected chi connectivity index (χ1v) is 8.65. The van der Waals surface area contributed by atoms with Crippen molar-refractivity contribution in [1.82, 2.24) is 4.90 Å². The molecule has 1 saturated heterocycles. The van der Waals surface area contributed by atoms with E-state index in [0.717, 1.165) is 15.6 Å². The maximum atomic E-state index is 12.7. The minimum absolute atomic E-state index is 0.0137. The molecule has 2 aromatic carbocycles. The van der Waals surface area contributed by atoms with E-state index in [-0.39, 0.29) is 30.9 Å². The van der Waals surface area contributed by atoms with Crippen molar-refractivity contribution in [3.63, 3.8) is 0 Å². The molecule has 4 nitrogen and oxygen atoms in total. The van der Waals surface area contributed by atoms with E-state index >= 15 is 0 Å². The first-order valence-electron chi connectivity index (χ1n) is 7.85. The Balaban J connectivity index is 1.76. The van der Waals surface area contributed by atoms with Gasteiger partial charge in [0.05, 0.1) is 0 Å². The average Bonchev–Trinajstić information content (AvgIpc) is 2.97. The van der Waals surface area contributed by atoms with Crippen LogP contribution in [0.1, 0.15) is 36.4 Å². The third-order valence-corrected chi connectivity index (χ3v) is 4.72. The number of imide groups is 1. The van der Waals surface area contributed by atoms with E-state index in [1.165, 1.54) is 4.90 Å². The van der Waals surface area contributed by atoms with E-state index in [1.807, 2.05) is 61.5 Å². The topological polar surface area (TPSA) is 46.6 Å². The van der Waals surface area contributed by atoms with Gasteiger partial charge < -0.3 is 4.74 Å². The van der Waals surface area contributed by atoms with Crippen molar-refractivity contribution < 1.29 is 14.3 Å².